The zero-order valence-corrected chi connectivity index (χ0v) is 18.6. The Labute approximate surface area is 175 Å². The molecule has 0 atom stereocenters. The third kappa shape index (κ3) is 8.66. The maximum absolute atomic E-state index is 6.06. The molecule has 0 saturated heterocycles. The van der Waals surface area contributed by atoms with Crippen LogP contribution in [0, 0.1) is 0 Å². The molecule has 0 aliphatic carbocycles. The molecule has 0 N–H and O–H groups in total. The van der Waals surface area contributed by atoms with E-state index in [-0.39, 0.29) is 0 Å². The lowest BCUT2D eigenvalue weighted by Crippen LogP contribution is -1.98. The number of thiol groups is 1. The molecule has 0 radical (unpaired) electrons. The van der Waals surface area contributed by atoms with Crippen LogP contribution in [0.15, 0.2) is 57.2 Å². The Morgan fingerprint density at radius 2 is 1.52 bits per heavy atom. The van der Waals surface area contributed by atoms with Crippen LogP contribution in [0.3, 0.4) is 0 Å². The number of unbranched alkanes of at least 4 members (excludes halogenated alkanes) is 6. The van der Waals surface area contributed by atoms with Gasteiger partial charge in [-0.3, -0.25) is 0 Å². The molecule has 0 aliphatic heterocycles. The summed E-state index contributed by atoms with van der Waals surface area (Å²) in [7, 11) is 0. The van der Waals surface area contributed by atoms with Gasteiger partial charge < -0.3 is 4.74 Å². The van der Waals surface area contributed by atoms with Gasteiger partial charge in [0, 0.05) is 9.79 Å². The molecule has 0 aliphatic rings. The SMILES string of the molecule is CCCCCCCCc1ccc(OCCCC)c(Sc2ccc(S)cc2)c1. The minimum Gasteiger partial charge on any atom is -0.492 e. The molecule has 2 aromatic carbocycles. The largest absolute Gasteiger partial charge is 0.492 e. The van der Waals surface area contributed by atoms with E-state index >= 15 is 0 Å². The Kier molecular flexibility index (Phi) is 10.8. The predicted molar refractivity (Wildman–Crippen MR) is 122 cm³/mol. The highest BCUT2D eigenvalue weighted by Gasteiger charge is 2.08. The van der Waals surface area contributed by atoms with E-state index in [4.69, 9.17) is 4.74 Å². The summed E-state index contributed by atoms with van der Waals surface area (Å²) in [5.74, 6) is 1.01. The summed E-state index contributed by atoms with van der Waals surface area (Å²) >= 11 is 6.17. The second-order valence-electron chi connectivity index (χ2n) is 7.10. The lowest BCUT2D eigenvalue weighted by molar-refractivity contribution is 0.302. The highest BCUT2D eigenvalue weighted by molar-refractivity contribution is 7.99. The number of benzene rings is 2. The van der Waals surface area contributed by atoms with Gasteiger partial charge in [-0.05, 0) is 61.2 Å². The fourth-order valence-electron chi connectivity index (χ4n) is 2.98. The zero-order valence-electron chi connectivity index (χ0n) is 16.9. The van der Waals surface area contributed by atoms with Crippen molar-refractivity contribution in [2.45, 2.75) is 86.3 Å². The van der Waals surface area contributed by atoms with Crippen LogP contribution in [-0.2, 0) is 6.42 Å². The Balaban J connectivity index is 2.00. The van der Waals surface area contributed by atoms with Gasteiger partial charge in [-0.25, -0.2) is 0 Å². The van der Waals surface area contributed by atoms with Crippen molar-refractivity contribution in [1.82, 2.24) is 0 Å². The topological polar surface area (TPSA) is 9.23 Å². The van der Waals surface area contributed by atoms with Gasteiger partial charge in [-0.2, -0.15) is 0 Å². The first-order valence-corrected chi connectivity index (χ1v) is 11.7. The molecule has 2 aromatic rings. The highest BCUT2D eigenvalue weighted by atomic mass is 32.2. The predicted octanol–water partition coefficient (Wildman–Crippen LogP) is 8.21. The van der Waals surface area contributed by atoms with E-state index in [0.29, 0.717) is 0 Å². The Morgan fingerprint density at radius 3 is 2.26 bits per heavy atom. The van der Waals surface area contributed by atoms with E-state index in [2.05, 4.69) is 56.8 Å². The number of ether oxygens (including phenoxy) is 1. The second kappa shape index (κ2) is 13.2. The molecule has 2 rings (SSSR count). The van der Waals surface area contributed by atoms with E-state index in [1.54, 1.807) is 11.8 Å². The molecular formula is C24H34OS2. The first-order chi connectivity index (χ1) is 13.2. The van der Waals surface area contributed by atoms with Crippen LogP contribution in [0.4, 0.5) is 0 Å². The van der Waals surface area contributed by atoms with Crippen molar-refractivity contribution in [1.29, 1.82) is 0 Å². The smallest absolute Gasteiger partial charge is 0.133 e. The molecule has 0 spiro atoms. The zero-order chi connectivity index (χ0) is 19.3. The van der Waals surface area contributed by atoms with Gasteiger partial charge in [-0.15, -0.1) is 12.6 Å². The summed E-state index contributed by atoms with van der Waals surface area (Å²) in [5, 5.41) is 0. The van der Waals surface area contributed by atoms with Crippen LogP contribution in [0.5, 0.6) is 5.75 Å². The normalized spacial score (nSPS) is 10.9. The number of rotatable bonds is 13. The van der Waals surface area contributed by atoms with Crippen LogP contribution in [0.1, 0.15) is 70.8 Å². The summed E-state index contributed by atoms with van der Waals surface area (Å²) in [6, 6.07) is 15.1. The lowest BCUT2D eigenvalue weighted by atomic mass is 10.0. The third-order valence-electron chi connectivity index (χ3n) is 4.65. The maximum atomic E-state index is 6.06. The molecule has 0 amide bonds. The average Bonchev–Trinajstić information content (AvgIpc) is 2.68. The van der Waals surface area contributed by atoms with Crippen LogP contribution >= 0.6 is 24.4 Å². The average molecular weight is 403 g/mol. The van der Waals surface area contributed by atoms with Crippen molar-refractivity contribution >= 4 is 24.4 Å². The molecule has 0 unspecified atom stereocenters. The standard InChI is InChI=1S/C24H34OS2/c1-3-5-7-8-9-10-11-20-12-17-23(25-18-6-4-2)24(19-20)27-22-15-13-21(26)14-16-22/h12-17,19,26H,3-11,18H2,1-2H3. The molecule has 0 heterocycles. The summed E-state index contributed by atoms with van der Waals surface area (Å²) in [5.41, 5.74) is 1.42. The molecule has 0 bridgehead atoms. The van der Waals surface area contributed by atoms with Crippen molar-refractivity contribution in [3.05, 3.63) is 48.0 Å². The molecule has 0 fully saturated rings. The van der Waals surface area contributed by atoms with Gasteiger partial charge in [0.15, 0.2) is 0 Å². The fourth-order valence-corrected chi connectivity index (χ4v) is 4.10. The highest BCUT2D eigenvalue weighted by Crippen LogP contribution is 2.36. The van der Waals surface area contributed by atoms with Crippen LogP contribution in [-0.4, -0.2) is 6.61 Å². The van der Waals surface area contributed by atoms with E-state index in [0.717, 1.165) is 36.5 Å². The van der Waals surface area contributed by atoms with Gasteiger partial charge in [-0.1, -0.05) is 70.2 Å². The number of hydrogen-bond donors (Lipinski definition) is 1. The molecule has 0 aromatic heterocycles. The quantitative estimate of drug-likeness (QED) is 0.267. The fraction of sp³-hybridized carbons (Fsp3) is 0.500. The van der Waals surface area contributed by atoms with E-state index < -0.39 is 0 Å². The van der Waals surface area contributed by atoms with Gasteiger partial charge in [0.25, 0.3) is 0 Å². The molecule has 0 saturated carbocycles. The van der Waals surface area contributed by atoms with Gasteiger partial charge in [0.2, 0.25) is 0 Å². The van der Waals surface area contributed by atoms with Crippen molar-refractivity contribution in [3.63, 3.8) is 0 Å². The summed E-state index contributed by atoms with van der Waals surface area (Å²) in [6.45, 7) is 5.26. The van der Waals surface area contributed by atoms with Gasteiger partial charge in [0.05, 0.1) is 11.5 Å². The van der Waals surface area contributed by atoms with Crippen LogP contribution in [0.2, 0.25) is 0 Å². The minimum absolute atomic E-state index is 0.788. The van der Waals surface area contributed by atoms with E-state index in [1.807, 2.05) is 12.1 Å². The maximum Gasteiger partial charge on any atom is 0.133 e. The monoisotopic (exact) mass is 402 g/mol. The summed E-state index contributed by atoms with van der Waals surface area (Å²) in [4.78, 5) is 3.45. The first kappa shape index (κ1) is 22.2. The molecule has 27 heavy (non-hydrogen) atoms. The molecular weight excluding hydrogens is 368 g/mol. The second-order valence-corrected chi connectivity index (χ2v) is 8.73. The first-order valence-electron chi connectivity index (χ1n) is 10.5. The third-order valence-corrected chi connectivity index (χ3v) is 5.99. The number of hydrogen-bond acceptors (Lipinski definition) is 3. The molecule has 3 heteroatoms. The molecule has 148 valence electrons. The minimum atomic E-state index is 0.788. The summed E-state index contributed by atoms with van der Waals surface area (Å²) in [6.07, 6.45) is 11.4. The van der Waals surface area contributed by atoms with Crippen molar-refractivity contribution < 1.29 is 4.74 Å². The lowest BCUT2D eigenvalue weighted by Gasteiger charge is -2.13. The van der Waals surface area contributed by atoms with Crippen molar-refractivity contribution in [3.8, 4) is 5.75 Å². The van der Waals surface area contributed by atoms with Crippen LogP contribution < -0.4 is 4.74 Å². The summed E-state index contributed by atoms with van der Waals surface area (Å²) < 4.78 is 6.06. The van der Waals surface area contributed by atoms with Gasteiger partial charge in [0.1, 0.15) is 5.75 Å². The Morgan fingerprint density at radius 1 is 0.815 bits per heavy atom. The Bertz CT molecular complexity index is 652. The van der Waals surface area contributed by atoms with Crippen molar-refractivity contribution in [2.75, 3.05) is 6.61 Å². The molecule has 1 nitrogen and oxygen atoms in total. The van der Waals surface area contributed by atoms with Crippen molar-refractivity contribution in [2.24, 2.45) is 0 Å². The van der Waals surface area contributed by atoms with E-state index in [1.165, 1.54) is 53.9 Å². The van der Waals surface area contributed by atoms with E-state index in [9.17, 15) is 0 Å². The Hall–Kier alpha value is -1.06. The van der Waals surface area contributed by atoms with Gasteiger partial charge >= 0.3 is 0 Å². The van der Waals surface area contributed by atoms with Crippen LogP contribution in [0.25, 0.3) is 0 Å². The number of aryl methyl sites for hydroxylation is 1.